The van der Waals surface area contributed by atoms with E-state index in [9.17, 15) is 14.7 Å². The van der Waals surface area contributed by atoms with Gasteiger partial charge >= 0.3 is 12.1 Å². The first-order chi connectivity index (χ1) is 11.6. The Balaban J connectivity index is 2.12. The average molecular weight is 332 g/mol. The molecule has 0 radical (unpaired) electrons. The summed E-state index contributed by atoms with van der Waals surface area (Å²) in [7, 11) is 1.35. The number of aromatic carboxylic acids is 1. The predicted octanol–water partition coefficient (Wildman–Crippen LogP) is 1.85. The normalized spacial score (nSPS) is 13.8. The molecule has 1 amide bonds. The molecule has 1 aromatic heterocycles. The Morgan fingerprint density at radius 3 is 2.79 bits per heavy atom. The number of ether oxygens (including phenoxy) is 1. The van der Waals surface area contributed by atoms with Gasteiger partial charge < -0.3 is 24.4 Å². The minimum absolute atomic E-state index is 0.0932. The van der Waals surface area contributed by atoms with Crippen LogP contribution < -0.4 is 0 Å². The highest BCUT2D eigenvalue weighted by atomic mass is 16.5. The number of carbonyl (C=O) groups is 2. The fourth-order valence-corrected chi connectivity index (χ4v) is 3.35. The van der Waals surface area contributed by atoms with Gasteiger partial charge in [0.2, 0.25) is 0 Å². The van der Waals surface area contributed by atoms with Crippen LogP contribution in [0.3, 0.4) is 0 Å². The van der Waals surface area contributed by atoms with Crippen molar-refractivity contribution in [2.45, 2.75) is 25.9 Å². The first-order valence-electron chi connectivity index (χ1n) is 7.88. The molecule has 7 nitrogen and oxygen atoms in total. The molecule has 7 heteroatoms. The van der Waals surface area contributed by atoms with Gasteiger partial charge in [0.1, 0.15) is 0 Å². The van der Waals surface area contributed by atoms with Crippen molar-refractivity contribution in [1.29, 1.82) is 0 Å². The number of carboxylic acids is 1. The van der Waals surface area contributed by atoms with Crippen molar-refractivity contribution >= 4 is 23.0 Å². The Morgan fingerprint density at radius 2 is 2.12 bits per heavy atom. The number of fused-ring (bicyclic) bond motifs is 3. The molecule has 1 aromatic carbocycles. The largest absolute Gasteiger partial charge is 0.478 e. The van der Waals surface area contributed by atoms with E-state index in [2.05, 4.69) is 4.57 Å². The van der Waals surface area contributed by atoms with Crippen molar-refractivity contribution in [2.24, 2.45) is 0 Å². The monoisotopic (exact) mass is 332 g/mol. The standard InChI is InChI=1S/C17H20N2O5/c1-24-17(23)18-7-5-15-13(10-18)12-9-11(16(21)22)3-4-14(12)19(15)6-2-8-20/h3-4,9,20H,2,5-8,10H2,1H3,(H,21,22). The van der Waals surface area contributed by atoms with E-state index < -0.39 is 5.97 Å². The van der Waals surface area contributed by atoms with Crippen LogP contribution in [0.1, 0.15) is 28.0 Å². The summed E-state index contributed by atoms with van der Waals surface area (Å²) in [6.07, 6.45) is 0.913. The topological polar surface area (TPSA) is 92.0 Å². The highest BCUT2D eigenvalue weighted by molar-refractivity contribution is 5.95. The van der Waals surface area contributed by atoms with Gasteiger partial charge in [-0.2, -0.15) is 0 Å². The lowest BCUT2D eigenvalue weighted by atomic mass is 10.0. The number of methoxy groups -OCH3 is 1. The number of amides is 1. The van der Waals surface area contributed by atoms with Gasteiger partial charge in [-0.3, -0.25) is 0 Å². The van der Waals surface area contributed by atoms with E-state index in [1.807, 2.05) is 0 Å². The van der Waals surface area contributed by atoms with Crippen LogP contribution in [0.5, 0.6) is 0 Å². The van der Waals surface area contributed by atoms with Gasteiger partial charge in [0.25, 0.3) is 0 Å². The van der Waals surface area contributed by atoms with E-state index in [0.717, 1.165) is 22.2 Å². The van der Waals surface area contributed by atoms with Crippen LogP contribution in [0.2, 0.25) is 0 Å². The summed E-state index contributed by atoms with van der Waals surface area (Å²) in [6.45, 7) is 1.71. The van der Waals surface area contributed by atoms with Crippen molar-refractivity contribution in [3.63, 3.8) is 0 Å². The highest BCUT2D eigenvalue weighted by Crippen LogP contribution is 2.32. The average Bonchev–Trinajstić information content (AvgIpc) is 2.91. The molecule has 1 aliphatic heterocycles. The highest BCUT2D eigenvalue weighted by Gasteiger charge is 2.27. The Kier molecular flexibility index (Phi) is 4.44. The van der Waals surface area contributed by atoms with Crippen LogP contribution in [-0.4, -0.2) is 52.0 Å². The molecule has 0 saturated carbocycles. The Labute approximate surface area is 139 Å². The van der Waals surface area contributed by atoms with E-state index in [-0.39, 0.29) is 18.3 Å². The maximum atomic E-state index is 11.8. The Hall–Kier alpha value is -2.54. The number of aliphatic hydroxyl groups is 1. The maximum Gasteiger partial charge on any atom is 0.409 e. The molecule has 0 spiro atoms. The first-order valence-corrected chi connectivity index (χ1v) is 7.88. The summed E-state index contributed by atoms with van der Waals surface area (Å²) < 4.78 is 6.93. The molecule has 1 aliphatic rings. The van der Waals surface area contributed by atoms with Crippen LogP contribution in [0, 0.1) is 0 Å². The number of aliphatic hydroxyl groups excluding tert-OH is 1. The molecule has 3 rings (SSSR count). The second-order valence-corrected chi connectivity index (χ2v) is 5.83. The van der Waals surface area contributed by atoms with Gasteiger partial charge in [-0.1, -0.05) is 0 Å². The third-order valence-corrected chi connectivity index (χ3v) is 4.47. The van der Waals surface area contributed by atoms with Crippen molar-refractivity contribution < 1.29 is 24.5 Å². The van der Waals surface area contributed by atoms with E-state index in [1.165, 1.54) is 7.11 Å². The molecule has 0 saturated heterocycles. The fraction of sp³-hybridized carbons (Fsp3) is 0.412. The van der Waals surface area contributed by atoms with E-state index >= 15 is 0 Å². The van der Waals surface area contributed by atoms with Gasteiger partial charge in [0, 0.05) is 48.3 Å². The summed E-state index contributed by atoms with van der Waals surface area (Å²) in [6, 6.07) is 5.05. The molecule has 0 atom stereocenters. The van der Waals surface area contributed by atoms with E-state index in [4.69, 9.17) is 9.84 Å². The number of nitrogens with zero attached hydrogens (tertiary/aromatic N) is 2. The Morgan fingerprint density at radius 1 is 1.33 bits per heavy atom. The minimum Gasteiger partial charge on any atom is -0.478 e. The van der Waals surface area contributed by atoms with Crippen LogP contribution in [0.4, 0.5) is 4.79 Å². The number of hydrogen-bond donors (Lipinski definition) is 2. The molecule has 0 aliphatic carbocycles. The number of hydrogen-bond acceptors (Lipinski definition) is 4. The number of aryl methyl sites for hydroxylation is 1. The van der Waals surface area contributed by atoms with Crippen LogP contribution in [-0.2, 0) is 24.2 Å². The zero-order chi connectivity index (χ0) is 17.3. The number of benzene rings is 1. The molecular formula is C17H20N2O5. The maximum absolute atomic E-state index is 11.8. The SMILES string of the molecule is COC(=O)N1CCc2c(c3cc(C(=O)O)ccc3n2CCCO)C1. The van der Waals surface area contributed by atoms with Crippen LogP contribution >= 0.6 is 0 Å². The quantitative estimate of drug-likeness (QED) is 0.891. The third kappa shape index (κ3) is 2.71. The smallest absolute Gasteiger partial charge is 0.409 e. The number of aromatic nitrogens is 1. The molecule has 24 heavy (non-hydrogen) atoms. The van der Waals surface area contributed by atoms with Crippen molar-refractivity contribution in [3.8, 4) is 0 Å². The second-order valence-electron chi connectivity index (χ2n) is 5.83. The van der Waals surface area contributed by atoms with Gasteiger partial charge in [-0.05, 0) is 24.6 Å². The third-order valence-electron chi connectivity index (χ3n) is 4.47. The predicted molar refractivity (Wildman–Crippen MR) is 87.1 cm³/mol. The lowest BCUT2D eigenvalue weighted by Crippen LogP contribution is -2.36. The summed E-state index contributed by atoms with van der Waals surface area (Å²) in [5, 5.41) is 19.2. The number of carboxylic acid groups (broad SMARTS) is 1. The van der Waals surface area contributed by atoms with Crippen molar-refractivity contribution in [3.05, 3.63) is 35.0 Å². The molecular weight excluding hydrogens is 312 g/mol. The van der Waals surface area contributed by atoms with Gasteiger partial charge in [-0.15, -0.1) is 0 Å². The molecule has 2 N–H and O–H groups in total. The lowest BCUT2D eigenvalue weighted by molar-refractivity contribution is 0.0697. The zero-order valence-corrected chi connectivity index (χ0v) is 13.5. The number of rotatable bonds is 4. The van der Waals surface area contributed by atoms with Gasteiger partial charge in [0.15, 0.2) is 0 Å². The van der Waals surface area contributed by atoms with E-state index in [1.54, 1.807) is 23.1 Å². The summed E-state index contributed by atoms with van der Waals surface area (Å²) in [4.78, 5) is 24.7. The van der Waals surface area contributed by atoms with Gasteiger partial charge in [-0.25, -0.2) is 9.59 Å². The molecule has 0 unspecified atom stereocenters. The molecule has 128 valence electrons. The van der Waals surface area contributed by atoms with Crippen LogP contribution in [0.25, 0.3) is 10.9 Å². The molecule has 0 fully saturated rings. The zero-order valence-electron chi connectivity index (χ0n) is 13.5. The molecule has 2 aromatic rings. The Bertz CT molecular complexity index is 796. The van der Waals surface area contributed by atoms with Crippen LogP contribution in [0.15, 0.2) is 18.2 Å². The van der Waals surface area contributed by atoms with E-state index in [0.29, 0.717) is 32.5 Å². The first kappa shape index (κ1) is 16.3. The second kappa shape index (κ2) is 6.52. The van der Waals surface area contributed by atoms with Crippen molar-refractivity contribution in [2.75, 3.05) is 20.3 Å². The summed E-state index contributed by atoms with van der Waals surface area (Å²) in [5.74, 6) is -0.977. The fourth-order valence-electron chi connectivity index (χ4n) is 3.35. The summed E-state index contributed by atoms with van der Waals surface area (Å²) >= 11 is 0. The lowest BCUT2D eigenvalue weighted by Gasteiger charge is -2.27. The number of carbonyl (C=O) groups excluding carboxylic acids is 1. The minimum atomic E-state index is -0.977. The summed E-state index contributed by atoms with van der Waals surface area (Å²) in [5.41, 5.74) is 3.22. The molecule has 0 bridgehead atoms. The van der Waals surface area contributed by atoms with Crippen molar-refractivity contribution in [1.82, 2.24) is 9.47 Å². The van der Waals surface area contributed by atoms with Gasteiger partial charge in [0.05, 0.1) is 19.2 Å². The molecule has 2 heterocycles.